The van der Waals surface area contributed by atoms with Crippen molar-refractivity contribution in [3.63, 3.8) is 0 Å². The van der Waals surface area contributed by atoms with Crippen LogP contribution in [-0.2, 0) is 17.6 Å². The SMILES string of the molecule is CCCN(CCOC1=CC=CCC1=S)C1CCc2c(O)cccc2C1. The van der Waals surface area contributed by atoms with E-state index in [4.69, 9.17) is 17.0 Å². The van der Waals surface area contributed by atoms with Gasteiger partial charge in [-0.05, 0) is 55.5 Å². The normalized spacial score (nSPS) is 19.7. The lowest BCUT2D eigenvalue weighted by molar-refractivity contribution is 0.125. The molecule has 3 rings (SSSR count). The highest BCUT2D eigenvalue weighted by molar-refractivity contribution is 7.80. The highest BCUT2D eigenvalue weighted by Crippen LogP contribution is 2.30. The molecule has 0 bridgehead atoms. The summed E-state index contributed by atoms with van der Waals surface area (Å²) in [6.45, 7) is 4.88. The first-order valence-electron chi connectivity index (χ1n) is 9.25. The minimum absolute atomic E-state index is 0.451. The number of hydrogen-bond donors (Lipinski definition) is 1. The molecule has 0 fully saturated rings. The second-order valence-corrected chi connectivity index (χ2v) is 7.28. The lowest BCUT2D eigenvalue weighted by Gasteiger charge is -2.35. The highest BCUT2D eigenvalue weighted by atomic mass is 32.1. The molecule has 1 unspecified atom stereocenters. The van der Waals surface area contributed by atoms with E-state index in [2.05, 4.69) is 24.0 Å². The van der Waals surface area contributed by atoms with Crippen LogP contribution < -0.4 is 0 Å². The van der Waals surface area contributed by atoms with Crippen molar-refractivity contribution in [3.05, 3.63) is 53.3 Å². The van der Waals surface area contributed by atoms with Crippen LogP contribution in [0.4, 0.5) is 0 Å². The second kappa shape index (κ2) is 8.63. The van der Waals surface area contributed by atoms with E-state index in [1.807, 2.05) is 18.2 Å². The molecule has 1 N–H and O–H groups in total. The Bertz CT molecular complexity index is 680. The molecule has 2 aliphatic carbocycles. The second-order valence-electron chi connectivity index (χ2n) is 6.78. The van der Waals surface area contributed by atoms with Crippen molar-refractivity contribution in [3.8, 4) is 5.75 Å². The Labute approximate surface area is 156 Å². The molecular weight excluding hydrogens is 330 g/mol. The maximum atomic E-state index is 10.0. The van der Waals surface area contributed by atoms with E-state index >= 15 is 0 Å². The third-order valence-corrected chi connectivity index (χ3v) is 5.42. The first-order chi connectivity index (χ1) is 12.2. The average Bonchev–Trinajstić information content (AvgIpc) is 2.62. The summed E-state index contributed by atoms with van der Waals surface area (Å²) in [5.41, 5.74) is 2.43. The number of phenolic OH excluding ortho intramolecular Hbond substituents is 1. The third kappa shape index (κ3) is 4.50. The number of ether oxygens (including phenoxy) is 1. The molecule has 134 valence electrons. The van der Waals surface area contributed by atoms with Crippen LogP contribution in [0.2, 0.25) is 0 Å². The zero-order chi connectivity index (χ0) is 17.6. The topological polar surface area (TPSA) is 32.7 Å². The number of fused-ring (bicyclic) bond motifs is 1. The van der Waals surface area contributed by atoms with Gasteiger partial charge in [0.25, 0.3) is 0 Å². The molecule has 0 amide bonds. The van der Waals surface area contributed by atoms with Gasteiger partial charge in [0.1, 0.15) is 18.1 Å². The fourth-order valence-electron chi connectivity index (χ4n) is 3.77. The largest absolute Gasteiger partial charge is 0.508 e. The van der Waals surface area contributed by atoms with Gasteiger partial charge >= 0.3 is 0 Å². The van der Waals surface area contributed by atoms with Crippen LogP contribution in [0.5, 0.6) is 5.75 Å². The predicted octanol–water partition coefficient (Wildman–Crippen LogP) is 4.19. The van der Waals surface area contributed by atoms with Gasteiger partial charge in [-0.2, -0.15) is 0 Å². The van der Waals surface area contributed by atoms with Crippen molar-refractivity contribution in [2.24, 2.45) is 0 Å². The van der Waals surface area contributed by atoms with Crippen molar-refractivity contribution in [1.29, 1.82) is 0 Å². The Balaban J connectivity index is 1.59. The molecule has 0 heterocycles. The summed E-state index contributed by atoms with van der Waals surface area (Å²) in [4.78, 5) is 3.43. The summed E-state index contributed by atoms with van der Waals surface area (Å²) in [6.07, 6.45) is 11.0. The monoisotopic (exact) mass is 357 g/mol. The number of phenols is 1. The molecule has 0 aromatic heterocycles. The summed E-state index contributed by atoms with van der Waals surface area (Å²) in [5.74, 6) is 1.31. The Morgan fingerprint density at radius 1 is 1.32 bits per heavy atom. The molecule has 0 spiro atoms. The molecule has 25 heavy (non-hydrogen) atoms. The van der Waals surface area contributed by atoms with Gasteiger partial charge in [0.2, 0.25) is 0 Å². The molecule has 1 atom stereocenters. The van der Waals surface area contributed by atoms with Crippen molar-refractivity contribution >= 4 is 17.1 Å². The third-order valence-electron chi connectivity index (χ3n) is 5.06. The number of hydrogen-bond acceptors (Lipinski definition) is 4. The molecule has 1 aromatic carbocycles. The number of nitrogens with zero attached hydrogens (tertiary/aromatic N) is 1. The summed E-state index contributed by atoms with van der Waals surface area (Å²) >= 11 is 5.36. The zero-order valence-corrected chi connectivity index (χ0v) is 15.7. The number of benzene rings is 1. The minimum Gasteiger partial charge on any atom is -0.508 e. The number of rotatable bonds is 7. The van der Waals surface area contributed by atoms with Gasteiger partial charge < -0.3 is 9.84 Å². The molecule has 0 aliphatic heterocycles. The molecule has 3 nitrogen and oxygen atoms in total. The standard InChI is InChI=1S/C21H27NO2S/c1-2-12-22(13-14-24-20-8-3-4-9-21(20)25)17-10-11-18-16(15-17)6-5-7-19(18)23/h3-8,17,23H,2,9-15H2,1H3. The predicted molar refractivity (Wildman–Crippen MR) is 106 cm³/mol. The summed E-state index contributed by atoms with van der Waals surface area (Å²) < 4.78 is 5.94. The van der Waals surface area contributed by atoms with Crippen LogP contribution in [-0.4, -0.2) is 40.6 Å². The quantitative estimate of drug-likeness (QED) is 0.742. The maximum absolute atomic E-state index is 10.0. The van der Waals surface area contributed by atoms with Gasteiger partial charge in [-0.1, -0.05) is 43.4 Å². The first-order valence-corrected chi connectivity index (χ1v) is 9.66. The fraction of sp³-hybridized carbons (Fsp3) is 0.476. The van der Waals surface area contributed by atoms with Crippen LogP contribution in [0.25, 0.3) is 0 Å². The molecule has 1 aromatic rings. The van der Waals surface area contributed by atoms with Gasteiger partial charge in [-0.15, -0.1) is 0 Å². The van der Waals surface area contributed by atoms with E-state index in [1.54, 1.807) is 6.07 Å². The molecule has 4 heteroatoms. The lowest BCUT2D eigenvalue weighted by Crippen LogP contribution is -2.41. The van der Waals surface area contributed by atoms with E-state index in [1.165, 1.54) is 5.56 Å². The van der Waals surface area contributed by atoms with Crippen molar-refractivity contribution in [2.75, 3.05) is 19.7 Å². The first kappa shape index (κ1) is 18.2. The molecule has 0 saturated carbocycles. The molecule has 2 aliphatic rings. The minimum atomic E-state index is 0.451. The highest BCUT2D eigenvalue weighted by Gasteiger charge is 2.25. The van der Waals surface area contributed by atoms with Crippen LogP contribution in [0.1, 0.15) is 37.3 Å². The van der Waals surface area contributed by atoms with Crippen molar-refractivity contribution < 1.29 is 9.84 Å². The Kier molecular flexibility index (Phi) is 6.27. The van der Waals surface area contributed by atoms with Crippen molar-refractivity contribution in [2.45, 2.75) is 45.1 Å². The maximum Gasteiger partial charge on any atom is 0.133 e. The summed E-state index contributed by atoms with van der Waals surface area (Å²) in [6, 6.07) is 6.42. The molecule has 0 saturated heterocycles. The van der Waals surface area contributed by atoms with E-state index < -0.39 is 0 Å². The Morgan fingerprint density at radius 2 is 2.20 bits per heavy atom. The number of allylic oxidation sites excluding steroid dienone is 4. The smallest absolute Gasteiger partial charge is 0.133 e. The van der Waals surface area contributed by atoms with Gasteiger partial charge in [-0.3, -0.25) is 4.90 Å². The summed E-state index contributed by atoms with van der Waals surface area (Å²) in [5, 5.41) is 10.0. The molecular formula is C21H27NO2S. The Morgan fingerprint density at radius 3 is 3.00 bits per heavy atom. The molecule has 0 radical (unpaired) electrons. The van der Waals surface area contributed by atoms with E-state index in [-0.39, 0.29) is 0 Å². The van der Waals surface area contributed by atoms with Crippen molar-refractivity contribution in [1.82, 2.24) is 4.90 Å². The van der Waals surface area contributed by atoms with Crippen LogP contribution in [0.3, 0.4) is 0 Å². The van der Waals surface area contributed by atoms with E-state index in [0.717, 1.165) is 61.4 Å². The number of thiocarbonyl (C=S) groups is 1. The van der Waals surface area contributed by atoms with Gasteiger partial charge in [0.05, 0.1) is 4.86 Å². The van der Waals surface area contributed by atoms with Gasteiger partial charge in [-0.25, -0.2) is 0 Å². The summed E-state index contributed by atoms with van der Waals surface area (Å²) in [7, 11) is 0. The van der Waals surface area contributed by atoms with Gasteiger partial charge in [0, 0.05) is 19.0 Å². The average molecular weight is 358 g/mol. The van der Waals surface area contributed by atoms with Crippen LogP contribution >= 0.6 is 12.2 Å². The Hall–Kier alpha value is -1.65. The fourth-order valence-corrected chi connectivity index (χ4v) is 3.99. The van der Waals surface area contributed by atoms with E-state index in [9.17, 15) is 5.11 Å². The van der Waals surface area contributed by atoms with Crippen LogP contribution in [0.15, 0.2) is 42.2 Å². The van der Waals surface area contributed by atoms with Crippen LogP contribution in [0, 0.1) is 0 Å². The van der Waals surface area contributed by atoms with E-state index in [0.29, 0.717) is 18.4 Å². The number of aromatic hydroxyl groups is 1. The zero-order valence-electron chi connectivity index (χ0n) is 14.9. The van der Waals surface area contributed by atoms with Gasteiger partial charge in [0.15, 0.2) is 0 Å². The lowest BCUT2D eigenvalue weighted by atomic mass is 9.87.